The monoisotopic (exact) mass is 262 g/mol. The number of nitro benzene ring substituents is 1. The van der Waals surface area contributed by atoms with Gasteiger partial charge in [0.15, 0.2) is 5.78 Å². The predicted molar refractivity (Wildman–Crippen MR) is 73.5 cm³/mol. The maximum atomic E-state index is 11.3. The minimum Gasteiger partial charge on any atom is -0.377 e. The summed E-state index contributed by atoms with van der Waals surface area (Å²) in [6.45, 7) is 3.45. The van der Waals surface area contributed by atoms with Crippen LogP contribution in [-0.4, -0.2) is 16.7 Å². The summed E-state index contributed by atoms with van der Waals surface area (Å²) in [7, 11) is 0. The van der Waals surface area contributed by atoms with E-state index in [0.717, 1.165) is 0 Å². The number of anilines is 1. The number of hydrogen-bond acceptors (Lipinski definition) is 4. The lowest BCUT2D eigenvalue weighted by molar-refractivity contribution is -0.384. The molecule has 5 heteroatoms. The van der Waals surface area contributed by atoms with Crippen LogP contribution in [0.2, 0.25) is 0 Å². The van der Waals surface area contributed by atoms with E-state index in [1.54, 1.807) is 12.1 Å². The van der Waals surface area contributed by atoms with E-state index < -0.39 is 4.92 Å². The molecule has 0 aliphatic heterocycles. The van der Waals surface area contributed by atoms with Crippen molar-refractivity contribution >= 4 is 17.2 Å². The summed E-state index contributed by atoms with van der Waals surface area (Å²) < 4.78 is 0. The van der Waals surface area contributed by atoms with Gasteiger partial charge in [0.05, 0.1) is 4.92 Å². The molecule has 1 atom stereocenters. The molecule has 1 aliphatic carbocycles. The van der Waals surface area contributed by atoms with Crippen molar-refractivity contribution in [2.45, 2.75) is 39.2 Å². The Morgan fingerprint density at radius 2 is 2.16 bits per heavy atom. The number of benzene rings is 1. The maximum absolute atomic E-state index is 11.3. The molecule has 0 spiro atoms. The Morgan fingerprint density at radius 3 is 2.63 bits per heavy atom. The molecule has 0 aromatic heterocycles. The second-order valence-electron chi connectivity index (χ2n) is 5.17. The molecule has 1 fully saturated rings. The molecular formula is C14H18N2O3. The van der Waals surface area contributed by atoms with E-state index in [1.165, 1.54) is 32.3 Å². The second-order valence-corrected chi connectivity index (χ2v) is 5.17. The first kappa shape index (κ1) is 13.5. The predicted octanol–water partition coefficient (Wildman–Crippen LogP) is 3.40. The Balaban J connectivity index is 2.23. The molecule has 1 aliphatic rings. The summed E-state index contributed by atoms with van der Waals surface area (Å²) >= 11 is 0. The second kappa shape index (κ2) is 5.38. The summed E-state index contributed by atoms with van der Waals surface area (Å²) in [4.78, 5) is 21.9. The van der Waals surface area contributed by atoms with Gasteiger partial charge in [-0.15, -0.1) is 0 Å². The van der Waals surface area contributed by atoms with Crippen LogP contribution in [0.5, 0.6) is 0 Å². The highest BCUT2D eigenvalue weighted by molar-refractivity contribution is 5.95. The Morgan fingerprint density at radius 1 is 1.47 bits per heavy atom. The van der Waals surface area contributed by atoms with Crippen LogP contribution in [0.3, 0.4) is 0 Å². The van der Waals surface area contributed by atoms with Gasteiger partial charge in [-0.25, -0.2) is 0 Å². The third-order valence-electron chi connectivity index (χ3n) is 3.84. The highest BCUT2D eigenvalue weighted by Gasteiger charge is 2.26. The van der Waals surface area contributed by atoms with Crippen LogP contribution in [-0.2, 0) is 0 Å². The van der Waals surface area contributed by atoms with Crippen molar-refractivity contribution < 1.29 is 9.72 Å². The zero-order chi connectivity index (χ0) is 14.0. The Labute approximate surface area is 112 Å². The number of carbonyl (C=O) groups is 1. The summed E-state index contributed by atoms with van der Waals surface area (Å²) in [5.41, 5.74) is 0.835. The van der Waals surface area contributed by atoms with Crippen LogP contribution in [0.25, 0.3) is 0 Å². The lowest BCUT2D eigenvalue weighted by atomic mass is 9.80. The molecule has 0 radical (unpaired) electrons. The lowest BCUT2D eigenvalue weighted by Gasteiger charge is -2.32. The van der Waals surface area contributed by atoms with Gasteiger partial charge >= 0.3 is 0 Å². The van der Waals surface area contributed by atoms with Crippen LogP contribution < -0.4 is 5.32 Å². The van der Waals surface area contributed by atoms with Crippen molar-refractivity contribution in [3.63, 3.8) is 0 Å². The molecule has 0 heterocycles. The van der Waals surface area contributed by atoms with Gasteiger partial charge in [-0.05, 0) is 44.7 Å². The third kappa shape index (κ3) is 2.92. The normalized spacial score (nSPS) is 16.5. The molecule has 0 bridgehead atoms. The van der Waals surface area contributed by atoms with Crippen LogP contribution in [0.4, 0.5) is 11.4 Å². The maximum Gasteiger partial charge on any atom is 0.293 e. The molecule has 0 saturated heterocycles. The standard InChI is InChI=1S/C14H18N2O3/c1-9(11-4-3-5-11)15-13-7-6-12(10(2)17)8-14(13)16(18)19/h6-9,11,15H,3-5H2,1-2H3. The molecule has 1 aromatic carbocycles. The van der Waals surface area contributed by atoms with Crippen molar-refractivity contribution in [2.75, 3.05) is 5.32 Å². The van der Waals surface area contributed by atoms with E-state index in [9.17, 15) is 14.9 Å². The van der Waals surface area contributed by atoms with E-state index >= 15 is 0 Å². The molecule has 1 unspecified atom stereocenters. The summed E-state index contributed by atoms with van der Waals surface area (Å²) in [5.74, 6) is 0.425. The molecule has 1 saturated carbocycles. The van der Waals surface area contributed by atoms with Crippen molar-refractivity contribution in [1.82, 2.24) is 0 Å². The average molecular weight is 262 g/mol. The van der Waals surface area contributed by atoms with Crippen LogP contribution in [0.1, 0.15) is 43.5 Å². The smallest absolute Gasteiger partial charge is 0.293 e. The van der Waals surface area contributed by atoms with Crippen LogP contribution >= 0.6 is 0 Å². The number of hydrogen-bond donors (Lipinski definition) is 1. The molecule has 2 rings (SSSR count). The van der Waals surface area contributed by atoms with E-state index in [-0.39, 0.29) is 17.5 Å². The SMILES string of the molecule is CC(=O)c1ccc(NC(C)C2CCC2)c([N+](=O)[O-])c1. The quantitative estimate of drug-likeness (QED) is 0.501. The van der Waals surface area contributed by atoms with Gasteiger partial charge in [-0.3, -0.25) is 14.9 Å². The van der Waals surface area contributed by atoms with Crippen molar-refractivity contribution in [2.24, 2.45) is 5.92 Å². The molecule has 102 valence electrons. The average Bonchev–Trinajstić information content (AvgIpc) is 2.26. The fraction of sp³-hybridized carbons (Fsp3) is 0.500. The molecule has 1 N–H and O–H groups in total. The van der Waals surface area contributed by atoms with E-state index in [4.69, 9.17) is 0 Å². The number of nitrogens with zero attached hydrogens (tertiary/aromatic N) is 1. The number of carbonyl (C=O) groups excluding carboxylic acids is 1. The van der Waals surface area contributed by atoms with Gasteiger partial charge in [-0.2, -0.15) is 0 Å². The Kier molecular flexibility index (Phi) is 3.83. The number of rotatable bonds is 5. The zero-order valence-electron chi connectivity index (χ0n) is 11.2. The van der Waals surface area contributed by atoms with Gasteiger partial charge in [0.25, 0.3) is 5.69 Å². The van der Waals surface area contributed by atoms with Crippen LogP contribution in [0.15, 0.2) is 18.2 Å². The summed E-state index contributed by atoms with van der Waals surface area (Å²) in [6, 6.07) is 4.82. The van der Waals surface area contributed by atoms with Crippen LogP contribution in [0, 0.1) is 16.0 Å². The van der Waals surface area contributed by atoms with Gasteiger partial charge in [0, 0.05) is 17.7 Å². The van der Waals surface area contributed by atoms with Gasteiger partial charge in [0.2, 0.25) is 0 Å². The number of nitrogens with one attached hydrogen (secondary N) is 1. The molecule has 1 aromatic rings. The third-order valence-corrected chi connectivity index (χ3v) is 3.84. The van der Waals surface area contributed by atoms with Crippen molar-refractivity contribution in [1.29, 1.82) is 0 Å². The first-order chi connectivity index (χ1) is 8.99. The number of ketones is 1. The summed E-state index contributed by atoms with van der Waals surface area (Å²) in [6.07, 6.45) is 3.59. The minimum atomic E-state index is -0.442. The molecule has 5 nitrogen and oxygen atoms in total. The minimum absolute atomic E-state index is 0.0288. The number of nitro groups is 1. The molecule has 19 heavy (non-hydrogen) atoms. The molecular weight excluding hydrogens is 244 g/mol. The first-order valence-corrected chi connectivity index (χ1v) is 6.55. The van der Waals surface area contributed by atoms with Gasteiger partial charge in [-0.1, -0.05) is 6.42 Å². The van der Waals surface area contributed by atoms with Crippen molar-refractivity contribution in [3.05, 3.63) is 33.9 Å². The molecule has 0 amide bonds. The fourth-order valence-electron chi connectivity index (χ4n) is 2.33. The first-order valence-electron chi connectivity index (χ1n) is 6.55. The highest BCUT2D eigenvalue weighted by atomic mass is 16.6. The number of Topliss-reactive ketones (excluding diaryl/α,β-unsaturated/α-hetero) is 1. The van der Waals surface area contributed by atoms with E-state index in [1.807, 2.05) is 6.92 Å². The summed E-state index contributed by atoms with van der Waals surface area (Å²) in [5, 5.41) is 14.3. The van der Waals surface area contributed by atoms with Gasteiger partial charge in [0.1, 0.15) is 5.69 Å². The van der Waals surface area contributed by atoms with E-state index in [0.29, 0.717) is 17.2 Å². The Bertz CT molecular complexity index is 509. The topological polar surface area (TPSA) is 72.2 Å². The Hall–Kier alpha value is -1.91. The largest absolute Gasteiger partial charge is 0.377 e. The highest BCUT2D eigenvalue weighted by Crippen LogP contribution is 2.33. The fourth-order valence-corrected chi connectivity index (χ4v) is 2.33. The lowest BCUT2D eigenvalue weighted by Crippen LogP contribution is -2.31. The van der Waals surface area contributed by atoms with Gasteiger partial charge < -0.3 is 5.32 Å². The zero-order valence-corrected chi connectivity index (χ0v) is 11.2. The van der Waals surface area contributed by atoms with E-state index in [2.05, 4.69) is 5.32 Å². The van der Waals surface area contributed by atoms with Crippen molar-refractivity contribution in [3.8, 4) is 0 Å².